The number of fused-ring (bicyclic) bond motifs is 1. The summed E-state index contributed by atoms with van der Waals surface area (Å²) in [5, 5.41) is 8.23. The summed E-state index contributed by atoms with van der Waals surface area (Å²) in [4.78, 5) is 39.6. The number of hydrogen-bond acceptors (Lipinski definition) is 5. The van der Waals surface area contributed by atoms with Crippen molar-refractivity contribution >= 4 is 45.4 Å². The molecule has 2 aromatic heterocycles. The topological polar surface area (TPSA) is 106 Å². The number of anilines is 1. The highest BCUT2D eigenvalue weighted by Crippen LogP contribution is 2.38. The molecule has 0 bridgehead atoms. The Morgan fingerprint density at radius 3 is 2.68 bits per heavy atom. The summed E-state index contributed by atoms with van der Waals surface area (Å²) in [5.41, 5.74) is 6.98. The highest BCUT2D eigenvalue weighted by atomic mass is 32.1. The van der Waals surface area contributed by atoms with Crippen LogP contribution in [-0.2, 0) is 29.0 Å². The zero-order chi connectivity index (χ0) is 20.1. The van der Waals surface area contributed by atoms with E-state index >= 15 is 0 Å². The van der Waals surface area contributed by atoms with Gasteiger partial charge in [-0.25, -0.2) is 0 Å². The average molecular weight is 422 g/mol. The third-order valence-corrected chi connectivity index (χ3v) is 6.87. The van der Waals surface area contributed by atoms with Gasteiger partial charge in [-0.15, -0.1) is 22.7 Å². The molecule has 0 radical (unpaired) electrons. The quantitative estimate of drug-likeness (QED) is 0.475. The molecule has 1 aliphatic rings. The molecule has 0 fully saturated rings. The second-order valence-electron chi connectivity index (χ2n) is 6.79. The summed E-state index contributed by atoms with van der Waals surface area (Å²) >= 11 is 3.03. The molecule has 0 aromatic carbocycles. The largest absolute Gasteiger partial charge is 0.365 e. The van der Waals surface area contributed by atoms with Crippen LogP contribution in [0.2, 0.25) is 0 Å². The first-order valence-corrected chi connectivity index (χ1v) is 11.0. The lowest BCUT2D eigenvalue weighted by molar-refractivity contribution is -0.881. The number of primary amides is 1. The number of quaternary nitrogens is 1. The minimum absolute atomic E-state index is 0.0917. The second kappa shape index (κ2) is 9.31. The fourth-order valence-corrected chi connectivity index (χ4v) is 5.31. The molecule has 0 aliphatic heterocycles. The van der Waals surface area contributed by atoms with E-state index in [4.69, 9.17) is 5.73 Å². The first-order valence-electron chi connectivity index (χ1n) is 9.34. The number of likely N-dealkylation sites (N-methyl/N-ethyl adjacent to an activating group) is 1. The first-order chi connectivity index (χ1) is 13.5. The van der Waals surface area contributed by atoms with Gasteiger partial charge in [0.05, 0.1) is 18.7 Å². The van der Waals surface area contributed by atoms with Gasteiger partial charge in [-0.2, -0.15) is 0 Å². The van der Waals surface area contributed by atoms with Crippen molar-refractivity contribution in [3.63, 3.8) is 0 Å². The summed E-state index contributed by atoms with van der Waals surface area (Å²) < 4.78 is 0. The molecule has 1 aliphatic carbocycles. The van der Waals surface area contributed by atoms with Crippen molar-refractivity contribution < 1.29 is 19.3 Å². The molecule has 1 unspecified atom stereocenters. The van der Waals surface area contributed by atoms with Gasteiger partial charge in [0.2, 0.25) is 0 Å². The molecular formula is C19H25N4O3S2+. The molecule has 2 heterocycles. The highest BCUT2D eigenvalue weighted by molar-refractivity contribution is 7.17. The van der Waals surface area contributed by atoms with E-state index in [0.29, 0.717) is 23.7 Å². The molecule has 0 saturated carbocycles. The zero-order valence-corrected chi connectivity index (χ0v) is 17.4. The maximum absolute atomic E-state index is 12.5. The SMILES string of the molecule is CC[NH+](CC(=O)NCc1cccs1)CC(=O)Nc1sc2c(c1C(N)=O)CCC2. The number of hydrogen-bond donors (Lipinski definition) is 4. The zero-order valence-electron chi connectivity index (χ0n) is 15.8. The van der Waals surface area contributed by atoms with Gasteiger partial charge in [0.1, 0.15) is 5.00 Å². The summed E-state index contributed by atoms with van der Waals surface area (Å²) in [7, 11) is 0. The van der Waals surface area contributed by atoms with Gasteiger partial charge in [-0.1, -0.05) is 6.07 Å². The Hall–Kier alpha value is -2.23. The van der Waals surface area contributed by atoms with Crippen LogP contribution in [0.4, 0.5) is 5.00 Å². The van der Waals surface area contributed by atoms with E-state index in [1.165, 1.54) is 11.3 Å². The molecule has 150 valence electrons. The minimum Gasteiger partial charge on any atom is -0.365 e. The van der Waals surface area contributed by atoms with Crippen molar-refractivity contribution in [2.45, 2.75) is 32.7 Å². The molecule has 28 heavy (non-hydrogen) atoms. The standard InChI is InChI=1S/C19H24N4O3S2/c1-2-23(10-15(24)21-9-12-5-4-8-27-12)11-16(25)22-19-17(18(20)26)13-6-3-7-14(13)28-19/h4-5,8H,2-3,6-7,9-11H2,1H3,(H2,20,26)(H,21,24)(H,22,25)/p+1. The Bertz CT molecular complexity index is 861. The number of nitrogens with one attached hydrogen (secondary N) is 3. The second-order valence-corrected chi connectivity index (χ2v) is 8.92. The van der Waals surface area contributed by atoms with Crippen molar-refractivity contribution in [2.75, 3.05) is 25.0 Å². The van der Waals surface area contributed by atoms with Crippen LogP contribution in [0, 0.1) is 0 Å². The number of aryl methyl sites for hydroxylation is 1. The molecule has 3 rings (SSSR count). The molecule has 0 spiro atoms. The number of thiophene rings is 2. The van der Waals surface area contributed by atoms with Crippen LogP contribution >= 0.6 is 22.7 Å². The number of nitrogens with two attached hydrogens (primary N) is 1. The monoisotopic (exact) mass is 421 g/mol. The minimum atomic E-state index is -0.498. The van der Waals surface area contributed by atoms with Crippen LogP contribution in [0.25, 0.3) is 0 Å². The van der Waals surface area contributed by atoms with Crippen LogP contribution in [0.3, 0.4) is 0 Å². The lowest BCUT2D eigenvalue weighted by Gasteiger charge is -2.16. The Labute approximate surface area is 171 Å². The molecule has 3 amide bonds. The predicted octanol–water partition coefficient (Wildman–Crippen LogP) is 0.557. The Kier molecular flexibility index (Phi) is 6.82. The number of carbonyl (C=O) groups excluding carboxylic acids is 3. The maximum atomic E-state index is 12.5. The Balaban J connectivity index is 1.54. The summed E-state index contributed by atoms with van der Waals surface area (Å²) in [6, 6.07) is 3.92. The highest BCUT2D eigenvalue weighted by Gasteiger charge is 2.27. The van der Waals surface area contributed by atoms with Crippen LogP contribution < -0.4 is 21.3 Å². The number of rotatable bonds is 9. The summed E-state index contributed by atoms with van der Waals surface area (Å²) in [6.07, 6.45) is 2.77. The average Bonchev–Trinajstić information content (AvgIpc) is 3.36. The maximum Gasteiger partial charge on any atom is 0.280 e. The van der Waals surface area contributed by atoms with E-state index in [1.54, 1.807) is 11.3 Å². The van der Waals surface area contributed by atoms with Crippen molar-refractivity contribution in [1.29, 1.82) is 0 Å². The Morgan fingerprint density at radius 1 is 1.21 bits per heavy atom. The molecule has 7 nitrogen and oxygen atoms in total. The fraction of sp³-hybridized carbons (Fsp3) is 0.421. The van der Waals surface area contributed by atoms with Gasteiger partial charge in [-0.05, 0) is 43.2 Å². The third kappa shape index (κ3) is 4.98. The summed E-state index contributed by atoms with van der Waals surface area (Å²) in [6.45, 7) is 3.46. The van der Waals surface area contributed by atoms with Gasteiger partial charge in [0.25, 0.3) is 17.7 Å². The van der Waals surface area contributed by atoms with E-state index in [-0.39, 0.29) is 24.9 Å². The van der Waals surface area contributed by atoms with Gasteiger partial charge >= 0.3 is 0 Å². The van der Waals surface area contributed by atoms with Crippen LogP contribution in [-0.4, -0.2) is 37.4 Å². The van der Waals surface area contributed by atoms with E-state index < -0.39 is 5.91 Å². The molecule has 5 N–H and O–H groups in total. The molecular weight excluding hydrogens is 396 g/mol. The van der Waals surface area contributed by atoms with Crippen molar-refractivity contribution in [2.24, 2.45) is 5.73 Å². The fourth-order valence-electron chi connectivity index (χ4n) is 3.35. The molecule has 9 heteroatoms. The lowest BCUT2D eigenvalue weighted by atomic mass is 10.1. The van der Waals surface area contributed by atoms with Gasteiger partial charge in [-0.3, -0.25) is 14.4 Å². The Morgan fingerprint density at radius 2 is 2.00 bits per heavy atom. The normalized spacial score (nSPS) is 13.8. The number of carbonyl (C=O) groups is 3. The van der Waals surface area contributed by atoms with Gasteiger partial charge < -0.3 is 21.3 Å². The molecule has 0 saturated heterocycles. The van der Waals surface area contributed by atoms with E-state index in [0.717, 1.165) is 39.5 Å². The predicted molar refractivity (Wildman–Crippen MR) is 111 cm³/mol. The van der Waals surface area contributed by atoms with Crippen LogP contribution in [0.5, 0.6) is 0 Å². The van der Waals surface area contributed by atoms with Crippen molar-refractivity contribution in [3.05, 3.63) is 38.4 Å². The van der Waals surface area contributed by atoms with Gasteiger partial charge in [0.15, 0.2) is 13.1 Å². The van der Waals surface area contributed by atoms with E-state index in [9.17, 15) is 14.4 Å². The van der Waals surface area contributed by atoms with Crippen LogP contribution in [0.15, 0.2) is 17.5 Å². The number of amides is 3. The van der Waals surface area contributed by atoms with E-state index in [1.807, 2.05) is 24.4 Å². The first kappa shape index (κ1) is 20.5. The van der Waals surface area contributed by atoms with Crippen molar-refractivity contribution in [3.8, 4) is 0 Å². The smallest absolute Gasteiger partial charge is 0.280 e. The van der Waals surface area contributed by atoms with Gasteiger partial charge in [0, 0.05) is 9.75 Å². The lowest BCUT2D eigenvalue weighted by Crippen LogP contribution is -3.13. The molecule has 2 aromatic rings. The van der Waals surface area contributed by atoms with Crippen molar-refractivity contribution in [1.82, 2.24) is 5.32 Å². The third-order valence-electron chi connectivity index (χ3n) is 4.78. The van der Waals surface area contributed by atoms with Crippen LogP contribution in [0.1, 0.15) is 39.0 Å². The molecule has 1 atom stereocenters. The summed E-state index contributed by atoms with van der Waals surface area (Å²) in [5.74, 6) is -0.807. The van der Waals surface area contributed by atoms with E-state index in [2.05, 4.69) is 10.6 Å².